The highest BCUT2D eigenvalue weighted by atomic mass is 16.5. The van der Waals surface area contributed by atoms with Gasteiger partial charge in [-0.15, -0.1) is 10.2 Å². The van der Waals surface area contributed by atoms with E-state index in [-0.39, 0.29) is 6.61 Å². The van der Waals surface area contributed by atoms with Crippen LogP contribution in [0.15, 0.2) is 12.1 Å². The third-order valence-electron chi connectivity index (χ3n) is 6.26. The van der Waals surface area contributed by atoms with Gasteiger partial charge in [-0.3, -0.25) is 4.90 Å². The number of aryl methyl sites for hydroxylation is 2. The Kier molecular flexibility index (Phi) is 5.45. The fraction of sp³-hybridized carbons (Fsp3) is 0.619. The molecule has 1 N–H and O–H groups in total. The lowest BCUT2D eigenvalue weighted by molar-refractivity contribution is 0.173. The van der Waals surface area contributed by atoms with E-state index in [2.05, 4.69) is 27.2 Å². The number of fused-ring (bicyclic) bond motifs is 1. The van der Waals surface area contributed by atoms with Gasteiger partial charge in [0.05, 0.1) is 7.11 Å². The molecule has 6 nitrogen and oxygen atoms in total. The van der Waals surface area contributed by atoms with Crippen LogP contribution < -0.4 is 4.74 Å². The Balaban J connectivity index is 1.35. The van der Waals surface area contributed by atoms with Gasteiger partial charge < -0.3 is 14.4 Å². The van der Waals surface area contributed by atoms with Crippen molar-refractivity contribution in [3.63, 3.8) is 0 Å². The number of hydrogen-bond donors (Lipinski definition) is 1. The summed E-state index contributed by atoms with van der Waals surface area (Å²) < 4.78 is 7.61. The van der Waals surface area contributed by atoms with Crippen LogP contribution in [0.1, 0.15) is 47.6 Å². The molecule has 2 aromatic rings. The maximum atomic E-state index is 9.27. The van der Waals surface area contributed by atoms with E-state index in [9.17, 15) is 5.11 Å². The molecular weight excluding hydrogens is 340 g/mol. The normalized spacial score (nSPS) is 18.0. The van der Waals surface area contributed by atoms with Crippen LogP contribution in [0.3, 0.4) is 0 Å². The molecule has 0 spiro atoms. The molecule has 0 saturated carbocycles. The molecular formula is C21H30N4O2. The average Bonchev–Trinajstić information content (AvgIpc) is 3.28. The molecule has 4 rings (SSSR count). The number of methoxy groups -OCH3 is 1. The second-order valence-electron chi connectivity index (χ2n) is 7.96. The molecule has 0 unspecified atom stereocenters. The molecule has 1 aliphatic carbocycles. The quantitative estimate of drug-likeness (QED) is 0.845. The van der Waals surface area contributed by atoms with Crippen molar-refractivity contribution in [2.75, 3.05) is 20.2 Å². The number of aliphatic hydroxyl groups excluding tert-OH is 1. The third kappa shape index (κ3) is 3.87. The highest BCUT2D eigenvalue weighted by Gasteiger charge is 2.23. The molecule has 6 heteroatoms. The summed E-state index contributed by atoms with van der Waals surface area (Å²) in [5.41, 5.74) is 4.32. The van der Waals surface area contributed by atoms with Crippen LogP contribution in [-0.2, 0) is 39.5 Å². The van der Waals surface area contributed by atoms with Crippen LogP contribution in [0, 0.1) is 5.92 Å². The van der Waals surface area contributed by atoms with Gasteiger partial charge >= 0.3 is 0 Å². The minimum absolute atomic E-state index is 0.0510. The first-order valence-corrected chi connectivity index (χ1v) is 10.1. The Morgan fingerprint density at radius 1 is 1.11 bits per heavy atom. The van der Waals surface area contributed by atoms with Crippen molar-refractivity contribution in [2.45, 2.75) is 51.7 Å². The number of rotatable bonds is 6. The molecule has 1 fully saturated rings. The Morgan fingerprint density at radius 2 is 1.81 bits per heavy atom. The molecule has 0 radical (unpaired) electrons. The van der Waals surface area contributed by atoms with Crippen LogP contribution in [0.2, 0.25) is 0 Å². The summed E-state index contributed by atoms with van der Waals surface area (Å²) in [5, 5.41) is 17.6. The van der Waals surface area contributed by atoms with Crippen molar-refractivity contribution >= 4 is 0 Å². The van der Waals surface area contributed by atoms with E-state index in [0.717, 1.165) is 37.6 Å². The van der Waals surface area contributed by atoms with Crippen LogP contribution in [0.25, 0.3) is 0 Å². The van der Waals surface area contributed by atoms with Gasteiger partial charge in [-0.05, 0) is 68.3 Å². The first-order chi connectivity index (χ1) is 13.2. The van der Waals surface area contributed by atoms with Crippen molar-refractivity contribution in [3.8, 4) is 5.75 Å². The van der Waals surface area contributed by atoms with E-state index in [0.29, 0.717) is 11.7 Å². The number of likely N-dealkylation sites (tertiary alicyclic amines) is 1. The number of aliphatic hydroxyl groups is 1. The molecule has 2 aliphatic rings. The zero-order valence-electron chi connectivity index (χ0n) is 16.4. The third-order valence-corrected chi connectivity index (χ3v) is 6.26. The first kappa shape index (κ1) is 18.4. The minimum Gasteiger partial charge on any atom is -0.496 e. The van der Waals surface area contributed by atoms with E-state index in [1.54, 1.807) is 7.11 Å². The molecule has 0 bridgehead atoms. The maximum absolute atomic E-state index is 9.27. The van der Waals surface area contributed by atoms with Crippen LogP contribution in [-0.4, -0.2) is 45.0 Å². The number of benzene rings is 1. The van der Waals surface area contributed by atoms with Crippen molar-refractivity contribution in [1.29, 1.82) is 0 Å². The first-order valence-electron chi connectivity index (χ1n) is 10.1. The summed E-state index contributed by atoms with van der Waals surface area (Å²) in [6.07, 6.45) is 6.97. The van der Waals surface area contributed by atoms with Crippen molar-refractivity contribution in [2.24, 2.45) is 13.0 Å². The number of piperidine rings is 1. The molecule has 0 amide bonds. The fourth-order valence-corrected chi connectivity index (χ4v) is 4.53. The second kappa shape index (κ2) is 7.98. The molecule has 1 aromatic carbocycles. The second-order valence-corrected chi connectivity index (χ2v) is 7.96. The summed E-state index contributed by atoms with van der Waals surface area (Å²) in [7, 11) is 3.73. The summed E-state index contributed by atoms with van der Waals surface area (Å²) >= 11 is 0. The molecule has 2 heterocycles. The summed E-state index contributed by atoms with van der Waals surface area (Å²) in [5.74, 6) is 3.31. The lowest BCUT2D eigenvalue weighted by Crippen LogP contribution is -2.34. The van der Waals surface area contributed by atoms with E-state index < -0.39 is 0 Å². The fourth-order valence-electron chi connectivity index (χ4n) is 4.53. The standard InChI is InChI=1S/C21H30N4O2/c1-24-20(22-23-21(24)14-26)10-15-6-8-25(9-7-15)13-18-11-16-4-3-5-17(16)12-19(18)27-2/h11-12,15,26H,3-10,13-14H2,1-2H3. The van der Waals surface area contributed by atoms with Crippen molar-refractivity contribution in [1.82, 2.24) is 19.7 Å². The van der Waals surface area contributed by atoms with E-state index >= 15 is 0 Å². The Bertz CT molecular complexity index is 794. The number of ether oxygens (including phenoxy) is 1. The molecule has 0 atom stereocenters. The number of hydrogen-bond acceptors (Lipinski definition) is 5. The monoisotopic (exact) mass is 370 g/mol. The summed E-state index contributed by atoms with van der Waals surface area (Å²) in [6.45, 7) is 3.14. The zero-order valence-corrected chi connectivity index (χ0v) is 16.4. The lowest BCUT2D eigenvalue weighted by Gasteiger charge is -2.32. The lowest BCUT2D eigenvalue weighted by atomic mass is 9.92. The Labute approximate surface area is 161 Å². The van der Waals surface area contributed by atoms with Gasteiger partial charge in [0.1, 0.15) is 18.2 Å². The number of aromatic nitrogens is 3. The highest BCUT2D eigenvalue weighted by molar-refractivity contribution is 5.44. The average molecular weight is 370 g/mol. The van der Waals surface area contributed by atoms with Gasteiger partial charge in [-0.25, -0.2) is 0 Å². The van der Waals surface area contributed by atoms with Gasteiger partial charge in [-0.2, -0.15) is 0 Å². The van der Waals surface area contributed by atoms with Crippen molar-refractivity contribution < 1.29 is 9.84 Å². The molecule has 1 aromatic heterocycles. The predicted octanol–water partition coefficient (Wildman–Crippen LogP) is 2.26. The Morgan fingerprint density at radius 3 is 2.48 bits per heavy atom. The van der Waals surface area contributed by atoms with Gasteiger partial charge in [0.15, 0.2) is 5.82 Å². The topological polar surface area (TPSA) is 63.4 Å². The summed E-state index contributed by atoms with van der Waals surface area (Å²) in [4.78, 5) is 2.55. The van der Waals surface area contributed by atoms with Gasteiger partial charge in [-0.1, -0.05) is 6.07 Å². The van der Waals surface area contributed by atoms with E-state index in [4.69, 9.17) is 4.74 Å². The van der Waals surface area contributed by atoms with E-state index in [1.165, 1.54) is 48.8 Å². The molecule has 146 valence electrons. The van der Waals surface area contributed by atoms with Crippen LogP contribution >= 0.6 is 0 Å². The van der Waals surface area contributed by atoms with Gasteiger partial charge in [0.25, 0.3) is 0 Å². The Hall–Kier alpha value is -1.92. The van der Waals surface area contributed by atoms with Crippen LogP contribution in [0.5, 0.6) is 5.75 Å². The highest BCUT2D eigenvalue weighted by Crippen LogP contribution is 2.31. The maximum Gasteiger partial charge on any atom is 0.158 e. The predicted molar refractivity (Wildman–Crippen MR) is 104 cm³/mol. The van der Waals surface area contributed by atoms with Gasteiger partial charge in [0, 0.05) is 25.6 Å². The molecule has 1 aliphatic heterocycles. The largest absolute Gasteiger partial charge is 0.496 e. The zero-order chi connectivity index (χ0) is 18.8. The molecule has 1 saturated heterocycles. The SMILES string of the molecule is COc1cc2c(cc1CN1CCC(Cc3nnc(CO)n3C)CC1)CCC2. The van der Waals surface area contributed by atoms with E-state index in [1.807, 2.05) is 11.6 Å². The van der Waals surface area contributed by atoms with Crippen LogP contribution in [0.4, 0.5) is 0 Å². The number of nitrogens with zero attached hydrogens (tertiary/aromatic N) is 4. The minimum atomic E-state index is -0.0510. The van der Waals surface area contributed by atoms with Gasteiger partial charge in [0.2, 0.25) is 0 Å². The molecule has 27 heavy (non-hydrogen) atoms. The summed E-state index contributed by atoms with van der Waals surface area (Å²) in [6, 6.07) is 4.64. The van der Waals surface area contributed by atoms with Crippen molar-refractivity contribution in [3.05, 3.63) is 40.5 Å². The smallest absolute Gasteiger partial charge is 0.158 e.